The van der Waals surface area contributed by atoms with Gasteiger partial charge in [-0.15, -0.1) is 0 Å². The summed E-state index contributed by atoms with van der Waals surface area (Å²) in [6.45, 7) is 5.02. The van der Waals surface area contributed by atoms with Crippen LogP contribution in [0.4, 0.5) is 5.69 Å². The highest BCUT2D eigenvalue weighted by atomic mass is 35.5. The van der Waals surface area contributed by atoms with Gasteiger partial charge in [-0.1, -0.05) is 83.6 Å². The van der Waals surface area contributed by atoms with E-state index in [4.69, 9.17) is 23.2 Å². The van der Waals surface area contributed by atoms with Gasteiger partial charge in [0, 0.05) is 17.6 Å². The number of aryl methyl sites for hydroxylation is 2. The molecule has 0 heterocycles. The van der Waals surface area contributed by atoms with E-state index in [1.807, 2.05) is 38.1 Å². The van der Waals surface area contributed by atoms with Crippen molar-refractivity contribution < 1.29 is 18.0 Å². The molecular formula is C31H35Cl2N3O4S. The Kier molecular flexibility index (Phi) is 10.00. The molecule has 218 valence electrons. The lowest BCUT2D eigenvalue weighted by Gasteiger charge is -2.32. The zero-order valence-electron chi connectivity index (χ0n) is 23.4. The van der Waals surface area contributed by atoms with Crippen molar-refractivity contribution in [2.45, 2.75) is 70.0 Å². The Morgan fingerprint density at radius 3 is 2.29 bits per heavy atom. The molecule has 0 saturated heterocycles. The smallest absolute Gasteiger partial charge is 0.264 e. The van der Waals surface area contributed by atoms with Crippen LogP contribution in [0, 0.1) is 13.8 Å². The van der Waals surface area contributed by atoms with Gasteiger partial charge in [0.2, 0.25) is 11.8 Å². The number of nitrogens with zero attached hydrogens (tertiary/aromatic N) is 2. The van der Waals surface area contributed by atoms with Gasteiger partial charge in [-0.25, -0.2) is 8.42 Å². The fourth-order valence-electron chi connectivity index (χ4n) is 5.01. The molecule has 0 radical (unpaired) electrons. The van der Waals surface area contributed by atoms with E-state index in [-0.39, 0.29) is 39.1 Å². The van der Waals surface area contributed by atoms with Crippen LogP contribution in [0.1, 0.15) is 49.3 Å². The highest BCUT2D eigenvalue weighted by Gasteiger charge is 2.34. The standard InChI is InChI=1S/C31H35Cl2N3O4S/c1-21-11-14-27(15-12-21)41(39,40)36(29-18-25(32)13-16-28(29)33)20-30(37)35(19-24-8-6-7-22(2)17-24)23(3)31(38)34-26-9-4-5-10-26/h6-8,11-18,23,26H,4-5,9-10,19-20H2,1-3H3,(H,34,38). The Hall–Kier alpha value is -3.07. The molecule has 7 nitrogen and oxygen atoms in total. The summed E-state index contributed by atoms with van der Waals surface area (Å²) >= 11 is 12.7. The Balaban J connectivity index is 1.72. The van der Waals surface area contributed by atoms with Crippen molar-refractivity contribution in [3.63, 3.8) is 0 Å². The normalized spacial score (nSPS) is 14.5. The molecule has 1 aliphatic carbocycles. The molecule has 3 aromatic rings. The lowest BCUT2D eigenvalue weighted by Crippen LogP contribution is -2.52. The minimum absolute atomic E-state index is 0.00389. The Labute approximate surface area is 252 Å². The highest BCUT2D eigenvalue weighted by Crippen LogP contribution is 2.33. The molecule has 0 spiro atoms. The van der Waals surface area contributed by atoms with E-state index in [9.17, 15) is 18.0 Å². The summed E-state index contributed by atoms with van der Waals surface area (Å²) in [5.41, 5.74) is 2.80. The molecule has 1 N–H and O–H groups in total. The van der Waals surface area contributed by atoms with Gasteiger partial charge >= 0.3 is 0 Å². The van der Waals surface area contributed by atoms with Crippen LogP contribution in [0.3, 0.4) is 0 Å². The molecule has 0 aromatic heterocycles. The number of rotatable bonds is 10. The summed E-state index contributed by atoms with van der Waals surface area (Å²) in [6.07, 6.45) is 3.91. The first kappa shape index (κ1) is 30.9. The van der Waals surface area contributed by atoms with Gasteiger partial charge in [-0.05, 0) is 69.5 Å². The second kappa shape index (κ2) is 13.3. The first-order valence-corrected chi connectivity index (χ1v) is 15.8. The van der Waals surface area contributed by atoms with E-state index in [0.717, 1.165) is 46.7 Å². The van der Waals surface area contributed by atoms with Crippen molar-refractivity contribution >= 4 is 50.7 Å². The third kappa shape index (κ3) is 7.61. The van der Waals surface area contributed by atoms with Gasteiger partial charge in [0.05, 0.1) is 15.6 Å². The Morgan fingerprint density at radius 2 is 1.63 bits per heavy atom. The lowest BCUT2D eigenvalue weighted by atomic mass is 10.1. The number of sulfonamides is 1. The number of halogens is 2. The fraction of sp³-hybridized carbons (Fsp3) is 0.355. The molecule has 1 aliphatic rings. The molecule has 1 unspecified atom stereocenters. The monoisotopic (exact) mass is 615 g/mol. The zero-order chi connectivity index (χ0) is 29.7. The summed E-state index contributed by atoms with van der Waals surface area (Å²) in [5.74, 6) is -0.820. The van der Waals surface area contributed by atoms with Gasteiger partial charge in [0.1, 0.15) is 12.6 Å². The van der Waals surface area contributed by atoms with E-state index in [0.29, 0.717) is 0 Å². The third-order valence-corrected chi connectivity index (χ3v) is 9.70. The molecule has 41 heavy (non-hydrogen) atoms. The van der Waals surface area contributed by atoms with Gasteiger partial charge < -0.3 is 10.2 Å². The van der Waals surface area contributed by atoms with Gasteiger partial charge in [-0.3, -0.25) is 13.9 Å². The van der Waals surface area contributed by atoms with Crippen LogP contribution >= 0.6 is 23.2 Å². The highest BCUT2D eigenvalue weighted by molar-refractivity contribution is 7.92. The number of hydrogen-bond donors (Lipinski definition) is 1. The molecule has 3 aromatic carbocycles. The van der Waals surface area contributed by atoms with Crippen molar-refractivity contribution in [2.24, 2.45) is 0 Å². The van der Waals surface area contributed by atoms with Crippen molar-refractivity contribution in [2.75, 3.05) is 10.8 Å². The van der Waals surface area contributed by atoms with Crippen LogP contribution in [-0.2, 0) is 26.2 Å². The second-order valence-corrected chi connectivity index (χ2v) is 13.3. The Bertz CT molecular complexity index is 1510. The predicted molar refractivity (Wildman–Crippen MR) is 164 cm³/mol. The van der Waals surface area contributed by atoms with Crippen molar-refractivity contribution in [3.8, 4) is 0 Å². The molecule has 0 bridgehead atoms. The Morgan fingerprint density at radius 1 is 0.951 bits per heavy atom. The number of benzene rings is 3. The summed E-state index contributed by atoms with van der Waals surface area (Å²) in [6, 6.07) is 17.7. The van der Waals surface area contributed by atoms with E-state index in [1.54, 1.807) is 25.1 Å². The minimum atomic E-state index is -4.24. The first-order valence-electron chi connectivity index (χ1n) is 13.7. The molecule has 4 rings (SSSR count). The van der Waals surface area contributed by atoms with Crippen molar-refractivity contribution in [3.05, 3.63) is 93.5 Å². The maximum Gasteiger partial charge on any atom is 0.264 e. The average molecular weight is 617 g/mol. The van der Waals surface area contributed by atoms with Crippen LogP contribution in [0.5, 0.6) is 0 Å². The number of carbonyl (C=O) groups is 2. The maximum atomic E-state index is 14.1. The molecular weight excluding hydrogens is 581 g/mol. The molecule has 1 fully saturated rings. The largest absolute Gasteiger partial charge is 0.352 e. The van der Waals surface area contributed by atoms with Crippen molar-refractivity contribution in [1.82, 2.24) is 10.2 Å². The number of carbonyl (C=O) groups excluding carboxylic acids is 2. The number of nitrogens with one attached hydrogen (secondary N) is 1. The van der Waals surface area contributed by atoms with E-state index in [2.05, 4.69) is 5.32 Å². The van der Waals surface area contributed by atoms with E-state index >= 15 is 0 Å². The molecule has 10 heteroatoms. The summed E-state index contributed by atoms with van der Waals surface area (Å²) < 4.78 is 28.9. The fourth-order valence-corrected chi connectivity index (χ4v) is 6.87. The van der Waals surface area contributed by atoms with Crippen LogP contribution in [0.2, 0.25) is 10.0 Å². The summed E-state index contributed by atoms with van der Waals surface area (Å²) in [7, 11) is -4.24. The van der Waals surface area contributed by atoms with Gasteiger partial charge in [0.25, 0.3) is 10.0 Å². The molecule has 1 atom stereocenters. The molecule has 0 aliphatic heterocycles. The van der Waals surface area contributed by atoms with Crippen LogP contribution in [0.15, 0.2) is 71.6 Å². The maximum absolute atomic E-state index is 14.1. The quantitative estimate of drug-likeness (QED) is 0.291. The number of hydrogen-bond acceptors (Lipinski definition) is 4. The summed E-state index contributed by atoms with van der Waals surface area (Å²) in [5, 5.41) is 3.46. The van der Waals surface area contributed by atoms with Crippen LogP contribution < -0.4 is 9.62 Å². The predicted octanol–water partition coefficient (Wildman–Crippen LogP) is 6.28. The van der Waals surface area contributed by atoms with Crippen LogP contribution in [-0.4, -0.2) is 43.8 Å². The van der Waals surface area contributed by atoms with Gasteiger partial charge in [-0.2, -0.15) is 0 Å². The zero-order valence-corrected chi connectivity index (χ0v) is 25.8. The SMILES string of the molecule is Cc1ccc(S(=O)(=O)N(CC(=O)N(Cc2cccc(C)c2)C(C)C(=O)NC2CCCC2)c2cc(Cl)ccc2Cl)cc1. The second-order valence-electron chi connectivity index (χ2n) is 10.6. The first-order chi connectivity index (χ1) is 19.5. The van der Waals surface area contributed by atoms with E-state index in [1.165, 1.54) is 29.2 Å². The van der Waals surface area contributed by atoms with Crippen molar-refractivity contribution in [1.29, 1.82) is 0 Å². The summed E-state index contributed by atoms with van der Waals surface area (Å²) in [4.78, 5) is 28.9. The van der Waals surface area contributed by atoms with Crippen LogP contribution in [0.25, 0.3) is 0 Å². The minimum Gasteiger partial charge on any atom is -0.352 e. The molecule has 1 saturated carbocycles. The topological polar surface area (TPSA) is 86.8 Å². The number of amides is 2. The van der Waals surface area contributed by atoms with Gasteiger partial charge in [0.15, 0.2) is 0 Å². The van der Waals surface area contributed by atoms with E-state index < -0.39 is 28.5 Å². The lowest BCUT2D eigenvalue weighted by molar-refractivity contribution is -0.139. The third-order valence-electron chi connectivity index (χ3n) is 7.37. The molecule has 2 amide bonds. The average Bonchev–Trinajstić information content (AvgIpc) is 3.44. The number of anilines is 1.